The third-order valence-corrected chi connectivity index (χ3v) is 3.20. The van der Waals surface area contributed by atoms with Crippen LogP contribution in [0.5, 0.6) is 0 Å². The summed E-state index contributed by atoms with van der Waals surface area (Å²) in [5, 5.41) is 0. The fraction of sp³-hybridized carbons (Fsp3) is 0.533. The smallest absolute Gasteiger partial charge is 0.384 e. The summed E-state index contributed by atoms with van der Waals surface area (Å²) in [6, 6.07) is 0. The largest absolute Gasteiger partial charge is 0.468 e. The van der Waals surface area contributed by atoms with Crippen LogP contribution in [0.25, 0.3) is 0 Å². The Hall–Kier alpha value is -2.29. The van der Waals surface area contributed by atoms with Gasteiger partial charge in [0.1, 0.15) is 0 Å². The second kappa shape index (κ2) is 7.48. The zero-order valence-electron chi connectivity index (χ0n) is 12.4. The molecule has 0 aromatic heterocycles. The molecule has 0 bridgehead atoms. The van der Waals surface area contributed by atoms with Crippen molar-refractivity contribution in [3.8, 4) is 11.8 Å². The molecule has 1 aliphatic rings. The summed E-state index contributed by atoms with van der Waals surface area (Å²) < 4.78 is 13.8. The Kier molecular flexibility index (Phi) is 5.97. The van der Waals surface area contributed by atoms with Gasteiger partial charge in [-0.15, -0.1) is 0 Å². The molecule has 0 spiro atoms. The minimum atomic E-state index is -1.56. The van der Waals surface area contributed by atoms with E-state index in [1.807, 2.05) is 6.08 Å². The first-order chi connectivity index (χ1) is 10.00. The van der Waals surface area contributed by atoms with Crippen LogP contribution >= 0.6 is 0 Å². The molecule has 6 nitrogen and oxygen atoms in total. The van der Waals surface area contributed by atoms with Gasteiger partial charge in [-0.1, -0.05) is 17.6 Å². The van der Waals surface area contributed by atoms with Crippen molar-refractivity contribution in [2.75, 3.05) is 21.3 Å². The topological polar surface area (TPSA) is 78.9 Å². The van der Waals surface area contributed by atoms with Crippen LogP contribution in [0.2, 0.25) is 0 Å². The molecule has 0 heterocycles. The maximum atomic E-state index is 12.1. The summed E-state index contributed by atoms with van der Waals surface area (Å²) in [5.74, 6) is 2.50. The molecule has 21 heavy (non-hydrogen) atoms. The Balaban J connectivity index is 3.05. The summed E-state index contributed by atoms with van der Waals surface area (Å²) in [6.45, 7) is 0. The second-order valence-corrected chi connectivity index (χ2v) is 4.60. The minimum absolute atomic E-state index is 0.136. The van der Waals surface area contributed by atoms with E-state index in [4.69, 9.17) is 9.47 Å². The summed E-state index contributed by atoms with van der Waals surface area (Å²) in [6.07, 6.45) is 3.72. The number of carbonyl (C=O) groups is 3. The lowest BCUT2D eigenvalue weighted by Gasteiger charge is -2.24. The fourth-order valence-electron chi connectivity index (χ4n) is 1.77. The Morgan fingerprint density at radius 2 is 1.67 bits per heavy atom. The predicted molar refractivity (Wildman–Crippen MR) is 72.8 cm³/mol. The SMILES string of the molecule is COC(=O)C#CCC(CC=C1CC1)(C(=O)OC)C(=O)OC. The average molecular weight is 294 g/mol. The maximum absolute atomic E-state index is 12.1. The summed E-state index contributed by atoms with van der Waals surface area (Å²) >= 11 is 0. The zero-order valence-corrected chi connectivity index (χ0v) is 12.4. The highest BCUT2D eigenvalue weighted by molar-refractivity contribution is 6.00. The van der Waals surface area contributed by atoms with Crippen LogP contribution < -0.4 is 0 Å². The number of esters is 3. The van der Waals surface area contributed by atoms with Crippen LogP contribution in [-0.2, 0) is 28.6 Å². The van der Waals surface area contributed by atoms with Crippen molar-refractivity contribution in [1.29, 1.82) is 0 Å². The normalized spacial score (nSPS) is 12.6. The lowest BCUT2D eigenvalue weighted by molar-refractivity contribution is -0.168. The molecule has 6 heteroatoms. The lowest BCUT2D eigenvalue weighted by atomic mass is 9.81. The van der Waals surface area contributed by atoms with Crippen LogP contribution in [0, 0.1) is 17.3 Å². The number of hydrogen-bond acceptors (Lipinski definition) is 6. The highest BCUT2D eigenvalue weighted by Gasteiger charge is 2.47. The first-order valence-corrected chi connectivity index (χ1v) is 6.41. The van der Waals surface area contributed by atoms with Gasteiger partial charge < -0.3 is 14.2 Å². The highest BCUT2D eigenvalue weighted by atomic mass is 16.5. The van der Waals surface area contributed by atoms with E-state index < -0.39 is 23.3 Å². The molecular weight excluding hydrogens is 276 g/mol. The molecule has 0 unspecified atom stereocenters. The van der Waals surface area contributed by atoms with Crippen LogP contribution in [0.4, 0.5) is 0 Å². The van der Waals surface area contributed by atoms with Gasteiger partial charge in [0, 0.05) is 12.3 Å². The van der Waals surface area contributed by atoms with Crippen molar-refractivity contribution >= 4 is 17.9 Å². The number of methoxy groups -OCH3 is 3. The van der Waals surface area contributed by atoms with Crippen LogP contribution in [0.15, 0.2) is 11.6 Å². The molecule has 0 aliphatic heterocycles. The Morgan fingerprint density at radius 1 is 1.10 bits per heavy atom. The van der Waals surface area contributed by atoms with Crippen molar-refractivity contribution in [2.24, 2.45) is 5.41 Å². The van der Waals surface area contributed by atoms with E-state index >= 15 is 0 Å². The average Bonchev–Trinajstić information content (AvgIpc) is 3.33. The lowest BCUT2D eigenvalue weighted by Crippen LogP contribution is -2.40. The van der Waals surface area contributed by atoms with E-state index in [1.165, 1.54) is 26.9 Å². The van der Waals surface area contributed by atoms with Gasteiger partial charge in [-0.2, -0.15) is 0 Å². The molecular formula is C15H18O6. The van der Waals surface area contributed by atoms with Crippen LogP contribution in [0.1, 0.15) is 25.7 Å². The summed E-state index contributed by atoms with van der Waals surface area (Å²) in [5.41, 5.74) is -0.381. The van der Waals surface area contributed by atoms with Crippen molar-refractivity contribution in [1.82, 2.24) is 0 Å². The number of hydrogen-bond donors (Lipinski definition) is 0. The molecule has 1 rings (SSSR count). The zero-order chi connectivity index (χ0) is 15.9. The quantitative estimate of drug-likeness (QED) is 0.188. The van der Waals surface area contributed by atoms with Crippen LogP contribution in [-0.4, -0.2) is 39.2 Å². The van der Waals surface area contributed by atoms with Crippen molar-refractivity contribution in [3.05, 3.63) is 11.6 Å². The minimum Gasteiger partial charge on any atom is -0.468 e. The van der Waals surface area contributed by atoms with Gasteiger partial charge in [-0.05, 0) is 19.3 Å². The van der Waals surface area contributed by atoms with E-state index in [1.54, 1.807) is 0 Å². The number of carbonyl (C=O) groups excluding carboxylic acids is 3. The van der Waals surface area contributed by atoms with E-state index in [2.05, 4.69) is 16.6 Å². The third kappa shape index (κ3) is 4.35. The fourth-order valence-corrected chi connectivity index (χ4v) is 1.77. The summed E-state index contributed by atoms with van der Waals surface area (Å²) in [7, 11) is 3.58. The molecule has 114 valence electrons. The molecule has 0 amide bonds. The van der Waals surface area contributed by atoms with Crippen molar-refractivity contribution in [2.45, 2.75) is 25.7 Å². The molecule has 0 radical (unpaired) electrons. The molecule has 1 fully saturated rings. The standard InChI is InChI=1S/C15H18O6/c1-19-12(16)5-4-9-15(13(17)20-2,14(18)21-3)10-8-11-6-7-11/h8H,6-7,9-10H2,1-3H3. The van der Waals surface area contributed by atoms with Crippen LogP contribution in [0.3, 0.4) is 0 Å². The van der Waals surface area contributed by atoms with Crippen molar-refractivity contribution < 1.29 is 28.6 Å². The Labute approximate surface area is 123 Å². The molecule has 0 N–H and O–H groups in total. The maximum Gasteiger partial charge on any atom is 0.384 e. The first-order valence-electron chi connectivity index (χ1n) is 6.41. The van der Waals surface area contributed by atoms with E-state index in [-0.39, 0.29) is 12.8 Å². The van der Waals surface area contributed by atoms with Gasteiger partial charge in [-0.25, -0.2) is 4.79 Å². The van der Waals surface area contributed by atoms with E-state index in [9.17, 15) is 14.4 Å². The van der Waals surface area contributed by atoms with Gasteiger partial charge in [-0.3, -0.25) is 9.59 Å². The Morgan fingerprint density at radius 3 is 2.10 bits per heavy atom. The monoisotopic (exact) mass is 294 g/mol. The number of rotatable bonds is 5. The molecule has 0 atom stereocenters. The van der Waals surface area contributed by atoms with Gasteiger partial charge in [0.05, 0.1) is 21.3 Å². The van der Waals surface area contributed by atoms with Gasteiger partial charge in [0.15, 0.2) is 5.41 Å². The number of ether oxygens (including phenoxy) is 3. The Bertz CT molecular complexity index is 498. The molecule has 0 aromatic rings. The van der Waals surface area contributed by atoms with Gasteiger partial charge >= 0.3 is 17.9 Å². The summed E-state index contributed by atoms with van der Waals surface area (Å²) in [4.78, 5) is 35.2. The van der Waals surface area contributed by atoms with Gasteiger partial charge in [0.25, 0.3) is 0 Å². The molecule has 1 saturated carbocycles. The van der Waals surface area contributed by atoms with Gasteiger partial charge in [0.2, 0.25) is 0 Å². The highest BCUT2D eigenvalue weighted by Crippen LogP contribution is 2.35. The molecule has 1 aliphatic carbocycles. The molecule has 0 aromatic carbocycles. The third-order valence-electron chi connectivity index (χ3n) is 3.20. The van der Waals surface area contributed by atoms with Crippen molar-refractivity contribution in [3.63, 3.8) is 0 Å². The molecule has 0 saturated heterocycles. The van der Waals surface area contributed by atoms with E-state index in [0.29, 0.717) is 0 Å². The predicted octanol–water partition coefficient (Wildman–Crippen LogP) is 0.996. The van der Waals surface area contributed by atoms with E-state index in [0.717, 1.165) is 12.8 Å². The second-order valence-electron chi connectivity index (χ2n) is 4.60. The number of allylic oxidation sites excluding steroid dienone is 2. The first kappa shape index (κ1) is 16.8.